The molecular weight excluding hydrogens is 210 g/mol. The number of nitrogens with one attached hydrogen (secondary N) is 1. The smallest absolute Gasteiger partial charge is 0.0658 e. The van der Waals surface area contributed by atoms with Crippen molar-refractivity contribution in [3.8, 4) is 0 Å². The van der Waals surface area contributed by atoms with Crippen LogP contribution in [0.1, 0.15) is 53.4 Å². The molecule has 0 aromatic carbocycles. The third-order valence-corrected chi connectivity index (χ3v) is 5.22. The summed E-state index contributed by atoms with van der Waals surface area (Å²) in [4.78, 5) is 0. The maximum absolute atomic E-state index is 5.84. The first-order valence-corrected chi connectivity index (χ1v) is 7.46. The Labute approximate surface area is 107 Å². The molecule has 2 nitrogen and oxygen atoms in total. The molecule has 0 aromatic heterocycles. The van der Waals surface area contributed by atoms with E-state index in [2.05, 4.69) is 33.0 Å². The highest BCUT2D eigenvalue weighted by atomic mass is 16.5. The van der Waals surface area contributed by atoms with Gasteiger partial charge in [0, 0.05) is 18.1 Å². The standard InChI is InChI=1S/C15H29NO/c1-5-15(4)13(9-14(15)17-6-2)16-10-11(3)12-7-8-12/h11-14,16H,5-10H2,1-4H3. The van der Waals surface area contributed by atoms with Gasteiger partial charge in [-0.3, -0.25) is 0 Å². The van der Waals surface area contributed by atoms with Gasteiger partial charge in [0.2, 0.25) is 0 Å². The normalized spacial score (nSPS) is 38.8. The number of ether oxygens (including phenoxy) is 1. The third-order valence-electron chi connectivity index (χ3n) is 5.22. The third kappa shape index (κ3) is 2.68. The van der Waals surface area contributed by atoms with Crippen LogP contribution in [0.2, 0.25) is 0 Å². The van der Waals surface area contributed by atoms with Crippen molar-refractivity contribution < 1.29 is 4.74 Å². The van der Waals surface area contributed by atoms with E-state index in [1.54, 1.807) is 0 Å². The first kappa shape index (κ1) is 13.4. The van der Waals surface area contributed by atoms with Crippen molar-refractivity contribution in [1.29, 1.82) is 0 Å². The number of hydrogen-bond acceptors (Lipinski definition) is 2. The lowest BCUT2D eigenvalue weighted by atomic mass is 9.61. The van der Waals surface area contributed by atoms with Gasteiger partial charge in [-0.15, -0.1) is 0 Å². The summed E-state index contributed by atoms with van der Waals surface area (Å²) in [5, 5.41) is 3.79. The van der Waals surface area contributed by atoms with Crippen LogP contribution in [0.4, 0.5) is 0 Å². The Morgan fingerprint density at radius 2 is 2.06 bits per heavy atom. The summed E-state index contributed by atoms with van der Waals surface area (Å²) in [6.07, 6.45) is 5.81. The monoisotopic (exact) mass is 239 g/mol. The SMILES string of the molecule is CCOC1CC(NCC(C)C2CC2)C1(C)CC. The predicted octanol–water partition coefficient (Wildman–Crippen LogP) is 3.22. The minimum Gasteiger partial charge on any atom is -0.378 e. The molecule has 0 saturated heterocycles. The van der Waals surface area contributed by atoms with E-state index in [1.807, 2.05) is 0 Å². The second-order valence-corrected chi connectivity index (χ2v) is 6.31. The lowest BCUT2D eigenvalue weighted by Gasteiger charge is -2.54. The Morgan fingerprint density at radius 1 is 1.35 bits per heavy atom. The summed E-state index contributed by atoms with van der Waals surface area (Å²) in [6.45, 7) is 11.2. The van der Waals surface area contributed by atoms with Gasteiger partial charge in [-0.05, 0) is 51.0 Å². The molecule has 0 aliphatic heterocycles. The molecule has 0 spiro atoms. The van der Waals surface area contributed by atoms with E-state index in [9.17, 15) is 0 Å². The molecule has 0 amide bonds. The maximum Gasteiger partial charge on any atom is 0.0658 e. The van der Waals surface area contributed by atoms with Crippen molar-refractivity contribution in [1.82, 2.24) is 5.32 Å². The lowest BCUT2D eigenvalue weighted by Crippen LogP contribution is -2.62. The van der Waals surface area contributed by atoms with Gasteiger partial charge < -0.3 is 10.1 Å². The van der Waals surface area contributed by atoms with Gasteiger partial charge in [0.1, 0.15) is 0 Å². The Morgan fingerprint density at radius 3 is 2.59 bits per heavy atom. The Bertz CT molecular complexity index is 251. The van der Waals surface area contributed by atoms with Gasteiger partial charge in [-0.25, -0.2) is 0 Å². The van der Waals surface area contributed by atoms with Crippen LogP contribution < -0.4 is 5.32 Å². The van der Waals surface area contributed by atoms with Crippen LogP contribution in [-0.2, 0) is 4.74 Å². The summed E-state index contributed by atoms with van der Waals surface area (Å²) >= 11 is 0. The molecule has 0 bridgehead atoms. The summed E-state index contributed by atoms with van der Waals surface area (Å²) < 4.78 is 5.84. The van der Waals surface area contributed by atoms with Crippen LogP contribution in [0.3, 0.4) is 0 Å². The van der Waals surface area contributed by atoms with Crippen molar-refractivity contribution in [2.75, 3.05) is 13.2 Å². The highest BCUT2D eigenvalue weighted by molar-refractivity contribution is 5.05. The quantitative estimate of drug-likeness (QED) is 0.736. The highest BCUT2D eigenvalue weighted by Crippen LogP contribution is 2.46. The molecule has 2 rings (SSSR count). The fourth-order valence-electron chi connectivity index (χ4n) is 3.23. The van der Waals surface area contributed by atoms with Crippen molar-refractivity contribution in [3.63, 3.8) is 0 Å². The van der Waals surface area contributed by atoms with Crippen molar-refractivity contribution >= 4 is 0 Å². The van der Waals surface area contributed by atoms with E-state index in [4.69, 9.17) is 4.74 Å². The molecule has 2 heteroatoms. The molecule has 100 valence electrons. The zero-order valence-corrected chi connectivity index (χ0v) is 12.0. The second-order valence-electron chi connectivity index (χ2n) is 6.31. The van der Waals surface area contributed by atoms with Crippen LogP contribution in [0.15, 0.2) is 0 Å². The first-order chi connectivity index (χ1) is 8.11. The minimum absolute atomic E-state index is 0.360. The summed E-state index contributed by atoms with van der Waals surface area (Å²) in [5.74, 6) is 1.88. The van der Waals surface area contributed by atoms with Gasteiger partial charge in [0.05, 0.1) is 6.10 Å². The van der Waals surface area contributed by atoms with Crippen LogP contribution in [0, 0.1) is 17.3 Å². The molecule has 2 aliphatic carbocycles. The molecule has 0 aromatic rings. The van der Waals surface area contributed by atoms with Gasteiger partial charge in [0.25, 0.3) is 0 Å². The van der Waals surface area contributed by atoms with Crippen LogP contribution >= 0.6 is 0 Å². The fraction of sp³-hybridized carbons (Fsp3) is 1.00. The molecule has 2 aliphatic rings. The summed E-state index contributed by atoms with van der Waals surface area (Å²) in [7, 11) is 0. The average molecular weight is 239 g/mol. The Hall–Kier alpha value is -0.0800. The van der Waals surface area contributed by atoms with E-state index < -0.39 is 0 Å². The molecular formula is C15H29NO. The first-order valence-electron chi connectivity index (χ1n) is 7.46. The fourth-order valence-corrected chi connectivity index (χ4v) is 3.23. The maximum atomic E-state index is 5.84. The van der Waals surface area contributed by atoms with Gasteiger partial charge in [-0.1, -0.05) is 20.8 Å². The minimum atomic E-state index is 0.360. The van der Waals surface area contributed by atoms with Crippen LogP contribution in [0.5, 0.6) is 0 Å². The van der Waals surface area contributed by atoms with E-state index in [0.29, 0.717) is 17.6 Å². The average Bonchev–Trinajstić information content (AvgIpc) is 3.15. The number of hydrogen-bond donors (Lipinski definition) is 1. The molecule has 1 N–H and O–H groups in total. The van der Waals surface area contributed by atoms with Crippen molar-refractivity contribution in [3.05, 3.63) is 0 Å². The van der Waals surface area contributed by atoms with E-state index in [1.165, 1.54) is 32.2 Å². The molecule has 2 fully saturated rings. The molecule has 17 heavy (non-hydrogen) atoms. The number of rotatable bonds is 7. The second kappa shape index (κ2) is 5.27. The topological polar surface area (TPSA) is 21.3 Å². The molecule has 2 saturated carbocycles. The van der Waals surface area contributed by atoms with E-state index in [-0.39, 0.29) is 0 Å². The zero-order chi connectivity index (χ0) is 12.5. The predicted molar refractivity (Wildman–Crippen MR) is 72.1 cm³/mol. The van der Waals surface area contributed by atoms with Gasteiger partial charge in [-0.2, -0.15) is 0 Å². The molecule has 4 unspecified atom stereocenters. The zero-order valence-electron chi connectivity index (χ0n) is 12.0. The van der Waals surface area contributed by atoms with Crippen LogP contribution in [0.25, 0.3) is 0 Å². The van der Waals surface area contributed by atoms with E-state index in [0.717, 1.165) is 18.4 Å². The summed E-state index contributed by atoms with van der Waals surface area (Å²) in [6, 6.07) is 0.672. The van der Waals surface area contributed by atoms with Gasteiger partial charge in [0.15, 0.2) is 0 Å². The van der Waals surface area contributed by atoms with Crippen molar-refractivity contribution in [2.24, 2.45) is 17.3 Å². The van der Waals surface area contributed by atoms with Crippen molar-refractivity contribution in [2.45, 2.75) is 65.5 Å². The van der Waals surface area contributed by atoms with E-state index >= 15 is 0 Å². The van der Waals surface area contributed by atoms with Gasteiger partial charge >= 0.3 is 0 Å². The molecule has 4 atom stereocenters. The summed E-state index contributed by atoms with van der Waals surface area (Å²) in [5.41, 5.74) is 0.360. The Kier molecular flexibility index (Phi) is 4.14. The highest BCUT2D eigenvalue weighted by Gasteiger charge is 2.50. The largest absolute Gasteiger partial charge is 0.378 e. The lowest BCUT2D eigenvalue weighted by molar-refractivity contribution is -0.126. The molecule has 0 radical (unpaired) electrons. The Balaban J connectivity index is 1.77. The van der Waals surface area contributed by atoms with Crippen LogP contribution in [-0.4, -0.2) is 25.3 Å². The molecule has 0 heterocycles.